The van der Waals surface area contributed by atoms with E-state index in [2.05, 4.69) is 10.5 Å². The number of carbonyl (C=O) groups is 2. The molecule has 0 fully saturated rings. The highest BCUT2D eigenvalue weighted by atomic mass is 35.5. The maximum Gasteiger partial charge on any atom is 0.345 e. The molecule has 37 heavy (non-hydrogen) atoms. The van der Waals surface area contributed by atoms with Crippen LogP contribution >= 0.6 is 23.2 Å². The van der Waals surface area contributed by atoms with Crippen LogP contribution < -0.4 is 14.9 Å². The number of hydrogen-bond donors (Lipinski definition) is 1. The van der Waals surface area contributed by atoms with Gasteiger partial charge in [-0.15, -0.1) is 0 Å². The van der Waals surface area contributed by atoms with E-state index in [0.29, 0.717) is 16.0 Å². The Morgan fingerprint density at radius 2 is 1.73 bits per heavy atom. The van der Waals surface area contributed by atoms with Crippen LogP contribution in [0.1, 0.15) is 15.9 Å². The molecule has 0 aliphatic carbocycles. The molecule has 0 spiro atoms. The third-order valence-electron chi connectivity index (χ3n) is 5.09. The summed E-state index contributed by atoms with van der Waals surface area (Å²) in [7, 11) is 0. The van der Waals surface area contributed by atoms with Crippen molar-refractivity contribution in [3.8, 4) is 11.5 Å². The van der Waals surface area contributed by atoms with Gasteiger partial charge < -0.3 is 9.47 Å². The molecular weight excluding hydrogens is 521 g/mol. The number of ether oxygens (including phenoxy) is 2. The molecule has 0 aliphatic heterocycles. The number of fused-ring (bicyclic) bond motifs is 1. The Hall–Kier alpha value is -4.47. The third kappa shape index (κ3) is 6.21. The minimum Gasteiger partial charge on any atom is -0.477 e. The first-order valence-electron chi connectivity index (χ1n) is 10.7. The molecule has 1 N–H and O–H groups in total. The number of esters is 1. The Bertz CT molecular complexity index is 1540. The van der Waals surface area contributed by atoms with Gasteiger partial charge in [0, 0.05) is 16.7 Å². The van der Waals surface area contributed by atoms with Gasteiger partial charge in [0.15, 0.2) is 12.4 Å². The van der Waals surface area contributed by atoms with E-state index in [4.69, 9.17) is 32.7 Å². The zero-order valence-corrected chi connectivity index (χ0v) is 20.4. The van der Waals surface area contributed by atoms with Crippen molar-refractivity contribution in [3.63, 3.8) is 0 Å². The standard InChI is InChI=1S/C26H17Cl2N3O6/c27-17-10-11-19(21(28)13-17)26(33)37-23-12-9-16-5-1-2-6-18(16)20(23)14-29-30-25(32)15-36-24-8-4-3-7-22(24)31(34)35/h1-14H,15H2,(H,30,32)/b29-14+. The smallest absolute Gasteiger partial charge is 0.345 e. The third-order valence-corrected chi connectivity index (χ3v) is 5.64. The molecule has 0 saturated carbocycles. The van der Waals surface area contributed by atoms with Crippen molar-refractivity contribution in [1.82, 2.24) is 5.43 Å². The predicted octanol–water partition coefficient (Wildman–Crippen LogP) is 5.80. The van der Waals surface area contributed by atoms with Crippen molar-refractivity contribution in [3.05, 3.63) is 110 Å². The number of nitrogens with zero attached hydrogens (tertiary/aromatic N) is 2. The van der Waals surface area contributed by atoms with Gasteiger partial charge in [-0.2, -0.15) is 5.10 Å². The van der Waals surface area contributed by atoms with E-state index in [-0.39, 0.29) is 27.8 Å². The van der Waals surface area contributed by atoms with Crippen LogP contribution in [-0.4, -0.2) is 29.6 Å². The summed E-state index contributed by atoms with van der Waals surface area (Å²) in [5.74, 6) is -1.21. The first-order chi connectivity index (χ1) is 17.8. The number of carbonyl (C=O) groups excluding carboxylic acids is 2. The summed E-state index contributed by atoms with van der Waals surface area (Å²) in [6, 6.07) is 20.8. The number of halogens is 2. The summed E-state index contributed by atoms with van der Waals surface area (Å²) in [5, 5.41) is 17.1. The van der Waals surface area contributed by atoms with E-state index in [1.165, 1.54) is 42.6 Å². The van der Waals surface area contributed by atoms with Crippen LogP contribution in [0.4, 0.5) is 5.69 Å². The molecule has 4 aromatic carbocycles. The van der Waals surface area contributed by atoms with Crippen molar-refractivity contribution in [2.45, 2.75) is 0 Å². The normalized spacial score (nSPS) is 10.9. The van der Waals surface area contributed by atoms with Crippen molar-refractivity contribution < 1.29 is 24.0 Å². The topological polar surface area (TPSA) is 120 Å². The monoisotopic (exact) mass is 537 g/mol. The van der Waals surface area contributed by atoms with E-state index in [9.17, 15) is 19.7 Å². The molecular formula is C26H17Cl2N3O6. The van der Waals surface area contributed by atoms with Crippen molar-refractivity contribution >= 4 is 57.8 Å². The van der Waals surface area contributed by atoms with Crippen LogP contribution in [0.3, 0.4) is 0 Å². The van der Waals surface area contributed by atoms with Gasteiger partial charge in [-0.05, 0) is 41.1 Å². The number of hydrazone groups is 1. The molecule has 1 amide bonds. The lowest BCUT2D eigenvalue weighted by Crippen LogP contribution is -2.24. The quantitative estimate of drug-likeness (QED) is 0.0995. The summed E-state index contributed by atoms with van der Waals surface area (Å²) in [5.41, 5.74) is 2.59. The summed E-state index contributed by atoms with van der Waals surface area (Å²) in [6.07, 6.45) is 1.33. The Balaban J connectivity index is 1.52. The summed E-state index contributed by atoms with van der Waals surface area (Å²) < 4.78 is 10.9. The van der Waals surface area contributed by atoms with Crippen molar-refractivity contribution in [2.75, 3.05) is 6.61 Å². The molecule has 0 aromatic heterocycles. The lowest BCUT2D eigenvalue weighted by atomic mass is 10.0. The summed E-state index contributed by atoms with van der Waals surface area (Å²) in [4.78, 5) is 35.5. The van der Waals surface area contributed by atoms with Gasteiger partial charge in [-0.25, -0.2) is 10.2 Å². The maximum absolute atomic E-state index is 12.8. The SMILES string of the molecule is O=C(COc1ccccc1[N+](=O)[O-])N/N=C/c1c(OC(=O)c2ccc(Cl)cc2Cl)ccc2ccccc12. The molecule has 0 aliphatic rings. The van der Waals surface area contributed by atoms with Crippen LogP contribution in [-0.2, 0) is 4.79 Å². The van der Waals surface area contributed by atoms with Crippen LogP contribution in [0, 0.1) is 10.1 Å². The fourth-order valence-electron chi connectivity index (χ4n) is 3.38. The van der Waals surface area contributed by atoms with Gasteiger partial charge in [0.1, 0.15) is 5.75 Å². The largest absolute Gasteiger partial charge is 0.477 e. The minimum absolute atomic E-state index is 0.0456. The van der Waals surface area contributed by atoms with E-state index < -0.39 is 23.4 Å². The second-order valence-electron chi connectivity index (χ2n) is 7.52. The van der Waals surface area contributed by atoms with E-state index in [0.717, 1.165) is 5.39 Å². The maximum atomic E-state index is 12.8. The Labute approximate surface area is 220 Å². The number of nitro benzene ring substituents is 1. The number of nitrogens with one attached hydrogen (secondary N) is 1. The average molecular weight is 538 g/mol. The molecule has 9 nitrogen and oxygen atoms in total. The molecule has 0 atom stereocenters. The molecule has 0 heterocycles. The molecule has 0 unspecified atom stereocenters. The minimum atomic E-state index is -0.700. The Morgan fingerprint density at radius 3 is 2.51 bits per heavy atom. The summed E-state index contributed by atoms with van der Waals surface area (Å²) in [6.45, 7) is -0.505. The highest BCUT2D eigenvalue weighted by Gasteiger charge is 2.17. The fraction of sp³-hybridized carbons (Fsp3) is 0.0385. The first-order valence-corrected chi connectivity index (χ1v) is 11.5. The molecule has 11 heteroatoms. The molecule has 186 valence electrons. The Kier molecular flexibility index (Phi) is 7.97. The van der Waals surface area contributed by atoms with E-state index >= 15 is 0 Å². The van der Waals surface area contributed by atoms with Gasteiger partial charge in [0.25, 0.3) is 5.91 Å². The first kappa shape index (κ1) is 25.6. The van der Waals surface area contributed by atoms with Gasteiger partial charge in [-0.3, -0.25) is 14.9 Å². The lowest BCUT2D eigenvalue weighted by molar-refractivity contribution is -0.385. The predicted molar refractivity (Wildman–Crippen MR) is 140 cm³/mol. The molecule has 0 radical (unpaired) electrons. The number of benzene rings is 4. The number of para-hydroxylation sites is 2. The number of rotatable bonds is 8. The van der Waals surface area contributed by atoms with E-state index in [1.54, 1.807) is 24.3 Å². The summed E-state index contributed by atoms with van der Waals surface area (Å²) >= 11 is 12.0. The lowest BCUT2D eigenvalue weighted by Gasteiger charge is -2.11. The van der Waals surface area contributed by atoms with Gasteiger partial charge in [0.2, 0.25) is 0 Å². The van der Waals surface area contributed by atoms with Crippen LogP contribution in [0.5, 0.6) is 11.5 Å². The van der Waals surface area contributed by atoms with Crippen LogP contribution in [0.2, 0.25) is 10.0 Å². The second kappa shape index (κ2) is 11.5. The number of hydrogen-bond acceptors (Lipinski definition) is 7. The molecule has 0 saturated heterocycles. The van der Waals surface area contributed by atoms with Gasteiger partial charge >= 0.3 is 11.7 Å². The highest BCUT2D eigenvalue weighted by Crippen LogP contribution is 2.29. The van der Waals surface area contributed by atoms with Crippen molar-refractivity contribution in [2.24, 2.45) is 5.10 Å². The number of amides is 1. The molecule has 4 rings (SSSR count). The fourth-order valence-corrected chi connectivity index (χ4v) is 3.87. The number of nitro groups is 1. The van der Waals surface area contributed by atoms with E-state index in [1.807, 2.05) is 18.2 Å². The van der Waals surface area contributed by atoms with Crippen LogP contribution in [0.25, 0.3) is 10.8 Å². The molecule has 4 aromatic rings. The molecule has 0 bridgehead atoms. The van der Waals surface area contributed by atoms with Crippen LogP contribution in [0.15, 0.2) is 84.0 Å². The average Bonchev–Trinajstić information content (AvgIpc) is 2.88. The zero-order chi connectivity index (χ0) is 26.4. The van der Waals surface area contributed by atoms with Crippen molar-refractivity contribution in [1.29, 1.82) is 0 Å². The van der Waals surface area contributed by atoms with Gasteiger partial charge in [-0.1, -0.05) is 65.7 Å². The van der Waals surface area contributed by atoms with Gasteiger partial charge in [0.05, 0.1) is 21.7 Å². The Morgan fingerprint density at radius 1 is 0.973 bits per heavy atom. The highest BCUT2D eigenvalue weighted by molar-refractivity contribution is 6.36. The second-order valence-corrected chi connectivity index (χ2v) is 8.36. The zero-order valence-electron chi connectivity index (χ0n) is 18.9.